The third-order valence-corrected chi connectivity index (χ3v) is 0. The smallest absolute Gasteiger partial charge is 0.870 e. The number of hydrogen-bond donors (Lipinski definition) is 0. The molecule has 5 N–H and O–H groups in total. The van der Waals surface area contributed by atoms with E-state index in [0.29, 0.717) is 0 Å². The van der Waals surface area contributed by atoms with Crippen molar-refractivity contribution in [1.82, 2.24) is 0 Å². The van der Waals surface area contributed by atoms with Crippen molar-refractivity contribution in [3.63, 3.8) is 0 Å². The fraction of sp³-hybridized carbons (Fsp3) is 0. The number of hydrogen-bond acceptors (Lipinski definition) is 5. The van der Waals surface area contributed by atoms with Crippen molar-refractivity contribution < 1.29 is 49.8 Å². The van der Waals surface area contributed by atoms with Gasteiger partial charge in [-0.3, -0.25) is 0 Å². The molecule has 0 unspecified atom stereocenters. The molecule has 0 amide bonds. The van der Waals surface area contributed by atoms with Gasteiger partial charge in [0, 0.05) is 0 Å². The molecule has 0 aliphatic carbocycles. The molecule has 0 saturated carbocycles. The van der Waals surface area contributed by atoms with Gasteiger partial charge in [0.2, 0.25) is 0 Å². The van der Waals surface area contributed by atoms with E-state index in [1.807, 2.05) is 0 Å². The predicted molar refractivity (Wildman–Crippen MR) is 15.4 cm³/mol. The van der Waals surface area contributed by atoms with E-state index in [1.165, 1.54) is 0 Å². The van der Waals surface area contributed by atoms with Gasteiger partial charge in [-0.1, -0.05) is 0 Å². The summed E-state index contributed by atoms with van der Waals surface area (Å²) in [5.74, 6) is 0. The van der Waals surface area contributed by atoms with Crippen molar-refractivity contribution in [1.29, 1.82) is 0 Å². The molecule has 0 aliphatic rings. The Morgan fingerprint density at radius 3 is 0.429 bits per heavy atom. The van der Waals surface area contributed by atoms with Gasteiger partial charge in [-0.25, -0.2) is 0 Å². The normalized spacial score (nSPS) is 0. The number of rotatable bonds is 0. The maximum absolute atomic E-state index is 0. The van der Waals surface area contributed by atoms with Crippen molar-refractivity contribution in [2.75, 3.05) is 0 Å². The first-order chi connectivity index (χ1) is 0. The second-order valence-electron chi connectivity index (χ2n) is 0. The van der Waals surface area contributed by atoms with Gasteiger partial charge in [0.15, 0.2) is 0 Å². The van der Waals surface area contributed by atoms with E-state index in [9.17, 15) is 0 Å². The molecule has 5 nitrogen and oxygen atoms in total. The van der Waals surface area contributed by atoms with E-state index in [-0.39, 0.29) is 87.5 Å². The summed E-state index contributed by atoms with van der Waals surface area (Å²) in [7, 11) is 0. The van der Waals surface area contributed by atoms with Gasteiger partial charge in [0.05, 0.1) is 0 Å². The molecule has 7 heavy (non-hydrogen) atoms. The monoisotopic (exact) mass is 322 g/mol. The van der Waals surface area contributed by atoms with Crippen LogP contribution in [0.15, 0.2) is 0 Å². The Labute approximate surface area is 86.5 Å². The molecule has 0 atom stereocenters. The third-order valence-electron chi connectivity index (χ3n) is 0. The maximum Gasteiger partial charge on any atom is 3.00 e. The van der Waals surface area contributed by atoms with Gasteiger partial charge in [-0.15, -0.1) is 0 Å². The SMILES string of the molecule is [Au+3].[Ca+2].[OH-].[OH-].[OH-].[OH-].[OH-]. The largest absolute Gasteiger partial charge is 3.00 e. The molecule has 0 heterocycles. The average Bonchev–Trinajstić information content (AvgIpc) is 0. The molecule has 48 valence electrons. The molecule has 0 aromatic rings. The standard InChI is InChI=1S/Au.Ca.5H2O/h;;5*1H2/q+3;+2;;;;;/p-5. The van der Waals surface area contributed by atoms with Crippen molar-refractivity contribution in [3.05, 3.63) is 0 Å². The molecule has 0 spiro atoms. The van der Waals surface area contributed by atoms with Crippen LogP contribution >= 0.6 is 0 Å². The van der Waals surface area contributed by atoms with Crippen LogP contribution in [-0.2, 0) is 22.4 Å². The van der Waals surface area contributed by atoms with E-state index < -0.39 is 0 Å². The van der Waals surface area contributed by atoms with Crippen molar-refractivity contribution >= 4 is 37.7 Å². The van der Waals surface area contributed by atoms with Crippen LogP contribution in [0, 0.1) is 0 Å². The molecule has 7 heteroatoms. The molecule has 0 aromatic heterocycles. The fourth-order valence-electron chi connectivity index (χ4n) is 0. The van der Waals surface area contributed by atoms with E-state index in [1.54, 1.807) is 0 Å². The first kappa shape index (κ1) is 165. The molecular formula is H5AuCaO5. The topological polar surface area (TPSA) is 150 Å². The summed E-state index contributed by atoms with van der Waals surface area (Å²) in [5, 5.41) is 0. The Kier molecular flexibility index (Phi) is 2630. The summed E-state index contributed by atoms with van der Waals surface area (Å²) in [6.07, 6.45) is 0. The van der Waals surface area contributed by atoms with Gasteiger partial charge >= 0.3 is 60.1 Å². The molecule has 0 radical (unpaired) electrons. The first-order valence-corrected chi connectivity index (χ1v) is 0. The minimum Gasteiger partial charge on any atom is -0.870 e. The summed E-state index contributed by atoms with van der Waals surface area (Å²) in [6.45, 7) is 0. The Morgan fingerprint density at radius 1 is 0.429 bits per heavy atom. The first-order valence-electron chi connectivity index (χ1n) is 0. The van der Waals surface area contributed by atoms with Gasteiger partial charge in [-0.2, -0.15) is 0 Å². The fourth-order valence-corrected chi connectivity index (χ4v) is 0. The third kappa shape index (κ3) is 81.0. The zero-order valence-electron chi connectivity index (χ0n) is 3.24. The van der Waals surface area contributed by atoms with Crippen LogP contribution in [-0.4, -0.2) is 65.1 Å². The molecule has 0 fully saturated rings. The Morgan fingerprint density at radius 2 is 0.429 bits per heavy atom. The molecule has 0 saturated heterocycles. The minimum atomic E-state index is 0. The molecule has 0 rings (SSSR count). The summed E-state index contributed by atoms with van der Waals surface area (Å²) >= 11 is 0. The van der Waals surface area contributed by atoms with Gasteiger partial charge in [0.1, 0.15) is 0 Å². The maximum atomic E-state index is 0. The summed E-state index contributed by atoms with van der Waals surface area (Å²) in [5.41, 5.74) is 0. The summed E-state index contributed by atoms with van der Waals surface area (Å²) < 4.78 is 0. The Bertz CT molecular complexity index is 8.04. The molecule has 0 aliphatic heterocycles. The predicted octanol–water partition coefficient (Wildman–Crippen LogP) is -1.27. The second kappa shape index (κ2) is 111. The van der Waals surface area contributed by atoms with Crippen molar-refractivity contribution in [3.8, 4) is 0 Å². The minimum absolute atomic E-state index is 0. The molecular weight excluding hydrogens is 317 g/mol. The van der Waals surface area contributed by atoms with Crippen LogP contribution in [0.3, 0.4) is 0 Å². The molecule has 0 aromatic carbocycles. The van der Waals surface area contributed by atoms with Crippen molar-refractivity contribution in [2.24, 2.45) is 0 Å². The van der Waals surface area contributed by atoms with Crippen LogP contribution in [0.1, 0.15) is 0 Å². The van der Waals surface area contributed by atoms with Crippen LogP contribution in [0.25, 0.3) is 0 Å². The van der Waals surface area contributed by atoms with Crippen LogP contribution in [0.4, 0.5) is 0 Å². The molecule has 0 bridgehead atoms. The van der Waals surface area contributed by atoms with E-state index in [4.69, 9.17) is 0 Å². The van der Waals surface area contributed by atoms with Crippen LogP contribution < -0.4 is 0 Å². The van der Waals surface area contributed by atoms with E-state index in [2.05, 4.69) is 0 Å². The average molecular weight is 322 g/mol. The Balaban J connectivity index is 0. The van der Waals surface area contributed by atoms with Gasteiger partial charge in [0.25, 0.3) is 0 Å². The van der Waals surface area contributed by atoms with E-state index >= 15 is 0 Å². The second-order valence-corrected chi connectivity index (χ2v) is 0. The van der Waals surface area contributed by atoms with Crippen molar-refractivity contribution in [2.45, 2.75) is 0 Å². The quantitative estimate of drug-likeness (QED) is 0.509. The summed E-state index contributed by atoms with van der Waals surface area (Å²) in [6, 6.07) is 0. The van der Waals surface area contributed by atoms with E-state index in [0.717, 1.165) is 0 Å². The van der Waals surface area contributed by atoms with Crippen LogP contribution in [0.5, 0.6) is 0 Å². The summed E-state index contributed by atoms with van der Waals surface area (Å²) in [4.78, 5) is 0. The zero-order chi connectivity index (χ0) is 0. The van der Waals surface area contributed by atoms with Crippen LogP contribution in [0.2, 0.25) is 0 Å². The Hall–Kier alpha value is 1.80. The van der Waals surface area contributed by atoms with Gasteiger partial charge < -0.3 is 27.4 Å². The zero-order valence-corrected chi connectivity index (χ0v) is 7.62. The van der Waals surface area contributed by atoms with Gasteiger partial charge in [-0.05, 0) is 0 Å².